The van der Waals surface area contributed by atoms with Gasteiger partial charge >= 0.3 is 0 Å². The highest BCUT2D eigenvalue weighted by Crippen LogP contribution is 2.25. The van der Waals surface area contributed by atoms with Crippen LogP contribution < -0.4 is 5.73 Å². The van der Waals surface area contributed by atoms with Crippen molar-refractivity contribution < 1.29 is 4.52 Å². The highest BCUT2D eigenvalue weighted by molar-refractivity contribution is 9.10. The fraction of sp³-hybridized carbons (Fsp3) is 0.214. The van der Waals surface area contributed by atoms with E-state index in [0.29, 0.717) is 18.1 Å². The van der Waals surface area contributed by atoms with Crippen LogP contribution in [0.5, 0.6) is 0 Å². The molecule has 1 aromatic carbocycles. The number of imidazole rings is 1. The number of H-pyrrole nitrogens is 1. The summed E-state index contributed by atoms with van der Waals surface area (Å²) < 4.78 is 6.30. The van der Waals surface area contributed by atoms with Crippen molar-refractivity contribution in [2.75, 3.05) is 0 Å². The van der Waals surface area contributed by atoms with E-state index in [1.807, 2.05) is 25.1 Å². The maximum absolute atomic E-state index is 6.09. The number of rotatable bonds is 4. The van der Waals surface area contributed by atoms with Gasteiger partial charge in [-0.15, -0.1) is 0 Å². The Morgan fingerprint density at radius 2 is 2.29 bits per heavy atom. The maximum Gasteiger partial charge on any atom is 0.244 e. The van der Waals surface area contributed by atoms with Crippen LogP contribution in [0.15, 0.2) is 39.7 Å². The Morgan fingerprint density at radius 3 is 3.00 bits per heavy atom. The minimum Gasteiger partial charge on any atom is -0.348 e. The Labute approximate surface area is 129 Å². The molecule has 2 heterocycles. The summed E-state index contributed by atoms with van der Waals surface area (Å²) in [6, 6.07) is 5.55. The quantitative estimate of drug-likeness (QED) is 0.756. The first-order valence-corrected chi connectivity index (χ1v) is 7.26. The average molecular weight is 348 g/mol. The molecule has 0 aliphatic carbocycles. The number of nitrogens with one attached hydrogen (secondary N) is 1. The second-order valence-corrected chi connectivity index (χ2v) is 5.72. The van der Waals surface area contributed by atoms with E-state index >= 15 is 0 Å². The molecule has 0 aliphatic heterocycles. The molecule has 0 bridgehead atoms. The minimum absolute atomic E-state index is 0.359. The van der Waals surface area contributed by atoms with Gasteiger partial charge in [0.2, 0.25) is 11.7 Å². The van der Waals surface area contributed by atoms with E-state index in [4.69, 9.17) is 10.3 Å². The Morgan fingerprint density at radius 1 is 1.43 bits per heavy atom. The van der Waals surface area contributed by atoms with Gasteiger partial charge in [-0.05, 0) is 30.7 Å². The van der Waals surface area contributed by atoms with Gasteiger partial charge in [-0.25, -0.2) is 4.98 Å². The largest absolute Gasteiger partial charge is 0.348 e. The van der Waals surface area contributed by atoms with Gasteiger partial charge in [0.15, 0.2) is 0 Å². The molecule has 21 heavy (non-hydrogen) atoms. The molecule has 0 radical (unpaired) electrons. The van der Waals surface area contributed by atoms with E-state index in [0.717, 1.165) is 21.3 Å². The highest BCUT2D eigenvalue weighted by atomic mass is 79.9. The van der Waals surface area contributed by atoms with Gasteiger partial charge in [0.1, 0.15) is 0 Å². The van der Waals surface area contributed by atoms with Crippen LogP contribution in [0.2, 0.25) is 0 Å². The van der Waals surface area contributed by atoms with Crippen molar-refractivity contribution in [3.05, 3.63) is 52.3 Å². The summed E-state index contributed by atoms with van der Waals surface area (Å²) in [5, 5.41) is 4.02. The van der Waals surface area contributed by atoms with Crippen molar-refractivity contribution in [3.63, 3.8) is 0 Å². The van der Waals surface area contributed by atoms with E-state index < -0.39 is 0 Å². The Hall–Kier alpha value is -1.99. The maximum atomic E-state index is 6.09. The number of hydrogen-bond acceptors (Lipinski definition) is 5. The number of aromatic amines is 1. The zero-order valence-corrected chi connectivity index (χ0v) is 13.0. The van der Waals surface area contributed by atoms with Crippen LogP contribution in [0.4, 0.5) is 0 Å². The zero-order valence-electron chi connectivity index (χ0n) is 11.4. The van der Waals surface area contributed by atoms with E-state index in [2.05, 4.69) is 36.0 Å². The molecule has 108 valence electrons. The van der Waals surface area contributed by atoms with Crippen molar-refractivity contribution >= 4 is 15.9 Å². The smallest absolute Gasteiger partial charge is 0.244 e. The molecule has 3 aromatic rings. The third-order valence-electron chi connectivity index (χ3n) is 3.18. The third kappa shape index (κ3) is 3.03. The van der Waals surface area contributed by atoms with E-state index in [1.54, 1.807) is 12.5 Å². The molecule has 7 heteroatoms. The minimum atomic E-state index is -0.359. The van der Waals surface area contributed by atoms with Crippen LogP contribution in [0.25, 0.3) is 11.4 Å². The zero-order chi connectivity index (χ0) is 14.8. The van der Waals surface area contributed by atoms with Crippen LogP contribution in [-0.4, -0.2) is 20.1 Å². The number of nitrogens with zero attached hydrogens (tertiary/aromatic N) is 3. The van der Waals surface area contributed by atoms with Gasteiger partial charge < -0.3 is 15.2 Å². The molecule has 2 aromatic heterocycles. The predicted octanol–water partition coefficient (Wildman–Crippen LogP) is 2.77. The third-order valence-corrected chi connectivity index (χ3v) is 3.68. The molecule has 3 rings (SSSR count). The number of hydrogen-bond donors (Lipinski definition) is 2. The van der Waals surface area contributed by atoms with Gasteiger partial charge in [-0.1, -0.05) is 21.1 Å². The van der Waals surface area contributed by atoms with Crippen LogP contribution in [0.3, 0.4) is 0 Å². The van der Waals surface area contributed by atoms with Crippen LogP contribution in [0.1, 0.15) is 23.2 Å². The molecule has 3 N–H and O–H groups in total. The number of aromatic nitrogens is 4. The first-order valence-electron chi connectivity index (χ1n) is 6.46. The predicted molar refractivity (Wildman–Crippen MR) is 81.4 cm³/mol. The van der Waals surface area contributed by atoms with E-state index in [-0.39, 0.29) is 6.04 Å². The molecular weight excluding hydrogens is 334 g/mol. The topological polar surface area (TPSA) is 93.6 Å². The Bertz CT molecular complexity index is 738. The van der Waals surface area contributed by atoms with Crippen LogP contribution in [-0.2, 0) is 6.42 Å². The monoisotopic (exact) mass is 347 g/mol. The molecule has 1 atom stereocenters. The summed E-state index contributed by atoms with van der Waals surface area (Å²) in [7, 11) is 0. The van der Waals surface area contributed by atoms with E-state index in [1.165, 1.54) is 0 Å². The van der Waals surface area contributed by atoms with Gasteiger partial charge in [-0.3, -0.25) is 0 Å². The van der Waals surface area contributed by atoms with Crippen LogP contribution >= 0.6 is 15.9 Å². The molecule has 0 aliphatic rings. The second kappa shape index (κ2) is 5.79. The summed E-state index contributed by atoms with van der Waals surface area (Å²) >= 11 is 3.44. The fourth-order valence-corrected chi connectivity index (χ4v) is 2.57. The highest BCUT2D eigenvalue weighted by Gasteiger charge is 2.17. The standard InChI is InChI=1S/C14H14BrN5O/c1-8-4-9(15)2-3-11(8)13-19-14(21-20-13)12(16)5-10-6-17-7-18-10/h2-4,6-7,12H,5,16H2,1H3,(H,17,18)/t12-/m1/s1. The molecule has 0 saturated heterocycles. The molecule has 0 spiro atoms. The first-order chi connectivity index (χ1) is 10.1. The summed E-state index contributed by atoms with van der Waals surface area (Å²) in [5.41, 5.74) is 9.02. The summed E-state index contributed by atoms with van der Waals surface area (Å²) in [5.74, 6) is 0.969. The van der Waals surface area contributed by atoms with Crippen molar-refractivity contribution in [2.24, 2.45) is 5.73 Å². The summed E-state index contributed by atoms with van der Waals surface area (Å²) in [6.45, 7) is 2.00. The molecule has 0 fully saturated rings. The van der Waals surface area contributed by atoms with Crippen molar-refractivity contribution in [1.82, 2.24) is 20.1 Å². The SMILES string of the molecule is Cc1cc(Br)ccc1-c1noc([C@H](N)Cc2cnc[nH]2)n1. The van der Waals surface area contributed by atoms with Crippen molar-refractivity contribution in [1.29, 1.82) is 0 Å². The lowest BCUT2D eigenvalue weighted by Gasteiger charge is -2.04. The summed E-state index contributed by atoms with van der Waals surface area (Å²) in [6.07, 6.45) is 3.92. The second-order valence-electron chi connectivity index (χ2n) is 4.80. The number of benzene rings is 1. The average Bonchev–Trinajstić information content (AvgIpc) is 3.09. The van der Waals surface area contributed by atoms with Crippen molar-refractivity contribution in [2.45, 2.75) is 19.4 Å². The molecule has 0 unspecified atom stereocenters. The van der Waals surface area contributed by atoms with Gasteiger partial charge in [0, 0.05) is 28.3 Å². The molecule has 6 nitrogen and oxygen atoms in total. The molecule has 0 amide bonds. The lowest BCUT2D eigenvalue weighted by atomic mass is 10.1. The Balaban J connectivity index is 1.82. The fourth-order valence-electron chi connectivity index (χ4n) is 2.09. The first kappa shape index (κ1) is 14.0. The molecular formula is C14H14BrN5O. The number of halogens is 1. The van der Waals surface area contributed by atoms with E-state index in [9.17, 15) is 0 Å². The normalized spacial score (nSPS) is 12.5. The van der Waals surface area contributed by atoms with Gasteiger partial charge in [0.25, 0.3) is 0 Å². The van der Waals surface area contributed by atoms with Gasteiger partial charge in [-0.2, -0.15) is 4.98 Å². The van der Waals surface area contributed by atoms with Crippen LogP contribution in [0, 0.1) is 6.92 Å². The lowest BCUT2D eigenvalue weighted by molar-refractivity contribution is 0.354. The van der Waals surface area contributed by atoms with Crippen molar-refractivity contribution in [3.8, 4) is 11.4 Å². The summed E-state index contributed by atoms with van der Waals surface area (Å²) in [4.78, 5) is 11.4. The lowest BCUT2D eigenvalue weighted by Crippen LogP contribution is -2.14. The number of aryl methyl sites for hydroxylation is 1. The number of nitrogens with two attached hydrogens (primary N) is 1. The molecule has 0 saturated carbocycles. The van der Waals surface area contributed by atoms with Gasteiger partial charge in [0.05, 0.1) is 12.4 Å². The Kier molecular flexibility index (Phi) is 3.85.